The Morgan fingerprint density at radius 2 is 1.26 bits per heavy atom. The summed E-state index contributed by atoms with van der Waals surface area (Å²) in [4.78, 5) is 23.5. The van der Waals surface area contributed by atoms with Gasteiger partial charge in [-0.1, -0.05) is 95.7 Å². The van der Waals surface area contributed by atoms with Crippen molar-refractivity contribution in [2.24, 2.45) is 0 Å². The normalized spacial score (nSPS) is 14.0. The fraction of sp³-hybridized carbons (Fsp3) is 0.957. The van der Waals surface area contributed by atoms with Gasteiger partial charge in [0.1, 0.15) is 13.2 Å². The van der Waals surface area contributed by atoms with Gasteiger partial charge in [-0.2, -0.15) is 0 Å². The molecule has 0 spiro atoms. The van der Waals surface area contributed by atoms with Gasteiger partial charge in [-0.25, -0.2) is 0 Å². The lowest BCUT2D eigenvalue weighted by atomic mass is 10.0. The number of rotatable bonds is 22. The predicted molar refractivity (Wildman–Crippen MR) is 130 cm³/mol. The number of carbonyl (C=O) groups is 1. The molecule has 0 fully saturated rings. The number of thioether (sulfide) groups is 1. The van der Waals surface area contributed by atoms with Crippen LogP contribution in [0.5, 0.6) is 0 Å². The van der Waals surface area contributed by atoms with E-state index < -0.39 is 7.82 Å². The number of nitrogens with zero attached hydrogens (tertiary/aromatic N) is 1. The molecule has 0 aromatic rings. The summed E-state index contributed by atoms with van der Waals surface area (Å²) in [5.74, 6) is 0.336. The van der Waals surface area contributed by atoms with E-state index in [0.29, 0.717) is 23.2 Å². The van der Waals surface area contributed by atoms with Crippen molar-refractivity contribution in [3.8, 4) is 0 Å². The molecule has 0 rings (SSSR count). The molecule has 1 unspecified atom stereocenters. The average Bonchev–Trinajstić information content (AvgIpc) is 2.67. The number of likely N-dealkylation sites (N-methyl/N-ethyl adjacent to an activating group) is 1. The Morgan fingerprint density at radius 3 is 1.74 bits per heavy atom. The maximum absolute atomic E-state index is 11.9. The van der Waals surface area contributed by atoms with Gasteiger partial charge in [-0.05, 0) is 6.42 Å². The van der Waals surface area contributed by atoms with E-state index in [9.17, 15) is 14.3 Å². The third-order valence-electron chi connectivity index (χ3n) is 5.09. The SMILES string of the molecule is CCCCCCCCCCCCCCCC(=O)SCCOP(=O)([O-])OCC[N+](C)(C)C. The van der Waals surface area contributed by atoms with Crippen LogP contribution in [-0.2, 0) is 18.4 Å². The zero-order valence-corrected chi connectivity index (χ0v) is 22.3. The number of hydrogen-bond acceptors (Lipinski definition) is 6. The van der Waals surface area contributed by atoms with Crippen molar-refractivity contribution in [1.82, 2.24) is 0 Å². The van der Waals surface area contributed by atoms with E-state index >= 15 is 0 Å². The van der Waals surface area contributed by atoms with Crippen molar-refractivity contribution in [3.05, 3.63) is 0 Å². The Morgan fingerprint density at radius 1 is 0.806 bits per heavy atom. The second-order valence-electron chi connectivity index (χ2n) is 9.34. The third-order valence-corrected chi connectivity index (χ3v) is 6.99. The lowest BCUT2D eigenvalue weighted by Gasteiger charge is -2.27. The summed E-state index contributed by atoms with van der Waals surface area (Å²) in [6.07, 6.45) is 17.3. The molecule has 31 heavy (non-hydrogen) atoms. The van der Waals surface area contributed by atoms with Gasteiger partial charge in [0.15, 0.2) is 5.12 Å². The van der Waals surface area contributed by atoms with Crippen LogP contribution in [0.4, 0.5) is 0 Å². The maximum atomic E-state index is 11.9. The highest BCUT2D eigenvalue weighted by molar-refractivity contribution is 8.13. The third kappa shape index (κ3) is 24.6. The lowest BCUT2D eigenvalue weighted by molar-refractivity contribution is -0.870. The smallest absolute Gasteiger partial charge is 0.268 e. The molecule has 0 heterocycles. The van der Waals surface area contributed by atoms with Crippen LogP contribution >= 0.6 is 19.6 Å². The Hall–Kier alpha value is 0.0900. The molecule has 8 heteroatoms. The molecule has 1 atom stereocenters. The molecule has 0 radical (unpaired) electrons. The highest BCUT2D eigenvalue weighted by atomic mass is 32.2. The fourth-order valence-electron chi connectivity index (χ4n) is 3.13. The van der Waals surface area contributed by atoms with Crippen molar-refractivity contribution in [3.63, 3.8) is 0 Å². The van der Waals surface area contributed by atoms with Crippen molar-refractivity contribution < 1.29 is 27.8 Å². The molecule has 6 nitrogen and oxygen atoms in total. The Labute approximate surface area is 196 Å². The molecule has 0 aliphatic rings. The van der Waals surface area contributed by atoms with Crippen molar-refractivity contribution in [1.29, 1.82) is 0 Å². The molecule has 0 saturated carbocycles. The zero-order chi connectivity index (χ0) is 23.4. The number of unbranched alkanes of at least 4 members (excludes halogenated alkanes) is 12. The Balaban J connectivity index is 3.44. The van der Waals surface area contributed by atoms with Gasteiger partial charge in [0, 0.05) is 12.2 Å². The number of quaternary nitrogens is 1. The summed E-state index contributed by atoms with van der Waals surface area (Å²) in [6, 6.07) is 0. The van der Waals surface area contributed by atoms with E-state index in [1.165, 1.54) is 70.6 Å². The number of phosphoric ester groups is 1. The largest absolute Gasteiger partial charge is 0.756 e. The highest BCUT2D eigenvalue weighted by Crippen LogP contribution is 2.38. The number of hydrogen-bond donors (Lipinski definition) is 0. The second kappa shape index (κ2) is 19.5. The van der Waals surface area contributed by atoms with E-state index in [1.807, 2.05) is 21.1 Å². The quantitative estimate of drug-likeness (QED) is 0.108. The zero-order valence-electron chi connectivity index (χ0n) is 20.6. The van der Waals surface area contributed by atoms with Crippen LogP contribution in [0.1, 0.15) is 96.8 Å². The van der Waals surface area contributed by atoms with Crippen LogP contribution in [-0.4, -0.2) is 56.3 Å². The van der Waals surface area contributed by atoms with E-state index in [2.05, 4.69) is 6.92 Å². The first-order valence-corrected chi connectivity index (χ1v) is 14.7. The van der Waals surface area contributed by atoms with Crippen LogP contribution in [0, 0.1) is 0 Å². The van der Waals surface area contributed by atoms with Crippen molar-refractivity contribution >= 4 is 24.7 Å². The number of carbonyl (C=O) groups excluding carboxylic acids is 1. The first kappa shape index (κ1) is 31.1. The van der Waals surface area contributed by atoms with Gasteiger partial charge in [0.25, 0.3) is 7.82 Å². The summed E-state index contributed by atoms with van der Waals surface area (Å²) >= 11 is 1.15. The molecule has 0 aromatic heterocycles. The standard InChI is InChI=1S/C23H48NO5PS/c1-5-6-7-8-9-10-11-12-13-14-15-16-17-18-23(25)31-22-21-29-30(26,27)28-20-19-24(2,3)4/h5-22H2,1-4H3. The number of phosphoric acid groups is 1. The lowest BCUT2D eigenvalue weighted by Crippen LogP contribution is -2.37. The van der Waals surface area contributed by atoms with Crippen LogP contribution in [0.25, 0.3) is 0 Å². The minimum absolute atomic E-state index is 0.0276. The van der Waals surface area contributed by atoms with Gasteiger partial charge in [-0.15, -0.1) is 0 Å². The van der Waals surface area contributed by atoms with Crippen molar-refractivity contribution in [2.45, 2.75) is 96.8 Å². The summed E-state index contributed by atoms with van der Waals surface area (Å²) in [5.41, 5.74) is 0. The highest BCUT2D eigenvalue weighted by Gasteiger charge is 2.13. The molecular formula is C23H48NO5PS. The minimum atomic E-state index is -4.27. The van der Waals surface area contributed by atoms with Gasteiger partial charge in [0.2, 0.25) is 0 Å². The first-order valence-electron chi connectivity index (χ1n) is 12.2. The van der Waals surface area contributed by atoms with Crippen molar-refractivity contribution in [2.75, 3.05) is 46.7 Å². The van der Waals surface area contributed by atoms with Crippen LogP contribution in [0.15, 0.2) is 0 Å². The average molecular weight is 482 g/mol. The molecule has 186 valence electrons. The molecule has 0 aromatic carbocycles. The van der Waals surface area contributed by atoms with E-state index in [4.69, 9.17) is 9.05 Å². The molecule has 0 aliphatic heterocycles. The minimum Gasteiger partial charge on any atom is -0.756 e. The summed E-state index contributed by atoms with van der Waals surface area (Å²) in [6.45, 7) is 2.89. The maximum Gasteiger partial charge on any atom is 0.268 e. The van der Waals surface area contributed by atoms with Gasteiger partial charge >= 0.3 is 0 Å². The second-order valence-corrected chi connectivity index (χ2v) is 11.9. The fourth-order valence-corrected chi connectivity index (χ4v) is 4.63. The monoisotopic (exact) mass is 481 g/mol. The molecular weight excluding hydrogens is 433 g/mol. The molecule has 0 N–H and O–H groups in total. The Kier molecular flexibility index (Phi) is 19.6. The summed E-state index contributed by atoms with van der Waals surface area (Å²) in [5, 5.41) is 0.110. The van der Waals surface area contributed by atoms with E-state index in [-0.39, 0.29) is 18.3 Å². The predicted octanol–water partition coefficient (Wildman–Crippen LogP) is 5.94. The van der Waals surface area contributed by atoms with Crippen LogP contribution in [0.2, 0.25) is 0 Å². The van der Waals surface area contributed by atoms with E-state index in [0.717, 1.165) is 24.6 Å². The van der Waals surface area contributed by atoms with Crippen LogP contribution < -0.4 is 4.89 Å². The topological polar surface area (TPSA) is 75.7 Å². The summed E-state index contributed by atoms with van der Waals surface area (Å²) < 4.78 is 21.9. The molecule has 0 amide bonds. The van der Waals surface area contributed by atoms with Crippen LogP contribution in [0.3, 0.4) is 0 Å². The Bertz CT molecular complexity index is 485. The first-order chi connectivity index (χ1) is 14.7. The summed E-state index contributed by atoms with van der Waals surface area (Å²) in [7, 11) is 1.60. The molecule has 0 aliphatic carbocycles. The molecule has 0 bridgehead atoms. The van der Waals surface area contributed by atoms with E-state index in [1.54, 1.807) is 0 Å². The van der Waals surface area contributed by atoms with Gasteiger partial charge < -0.3 is 18.4 Å². The van der Waals surface area contributed by atoms with Gasteiger partial charge in [0.05, 0.1) is 27.7 Å². The van der Waals surface area contributed by atoms with Gasteiger partial charge in [-0.3, -0.25) is 9.36 Å². The molecule has 0 saturated heterocycles.